The Bertz CT molecular complexity index is 2480. The van der Waals surface area contributed by atoms with Crippen molar-refractivity contribution in [2.45, 2.75) is 0 Å². The van der Waals surface area contributed by atoms with E-state index in [1.807, 2.05) is 66.7 Å². The molecule has 9 rings (SSSR count). The predicted molar refractivity (Wildman–Crippen MR) is 182 cm³/mol. The van der Waals surface area contributed by atoms with E-state index < -0.39 is 0 Å². The quantitative estimate of drug-likeness (QED) is 0.209. The van der Waals surface area contributed by atoms with Gasteiger partial charge < -0.3 is 4.42 Å². The average molecular weight is 577 g/mol. The molecule has 5 heteroatoms. The zero-order chi connectivity index (χ0) is 29.7. The van der Waals surface area contributed by atoms with Crippen LogP contribution in [-0.2, 0) is 0 Å². The fraction of sp³-hybridized carbons (Fsp3) is 0. The van der Waals surface area contributed by atoms with Crippen LogP contribution < -0.4 is 0 Å². The maximum Gasteiger partial charge on any atom is 0.228 e. The summed E-state index contributed by atoms with van der Waals surface area (Å²) >= 11 is 0. The van der Waals surface area contributed by atoms with Crippen LogP contribution in [0.2, 0.25) is 0 Å². The molecular weight excluding hydrogens is 552 g/mol. The first-order chi connectivity index (χ1) is 22.3. The van der Waals surface area contributed by atoms with Gasteiger partial charge >= 0.3 is 0 Å². The Morgan fingerprint density at radius 1 is 0.400 bits per heavy atom. The van der Waals surface area contributed by atoms with Gasteiger partial charge in [-0.15, -0.1) is 0 Å². The van der Waals surface area contributed by atoms with Crippen molar-refractivity contribution < 1.29 is 4.42 Å². The second-order valence-corrected chi connectivity index (χ2v) is 11.1. The number of hydrogen-bond donors (Lipinski definition) is 0. The minimum atomic E-state index is 0.545. The van der Waals surface area contributed by atoms with Crippen LogP contribution in [0.4, 0.5) is 0 Å². The van der Waals surface area contributed by atoms with Gasteiger partial charge in [0.2, 0.25) is 5.71 Å². The van der Waals surface area contributed by atoms with Gasteiger partial charge in [0.25, 0.3) is 0 Å². The molecule has 9 aromatic rings. The fourth-order valence-corrected chi connectivity index (χ4v) is 6.06. The second-order valence-electron chi connectivity index (χ2n) is 11.1. The third kappa shape index (κ3) is 4.41. The van der Waals surface area contributed by atoms with Crippen LogP contribution in [0.1, 0.15) is 0 Å². The molecule has 0 aliphatic heterocycles. The number of fused-ring (bicyclic) bond motifs is 5. The van der Waals surface area contributed by atoms with Crippen LogP contribution in [-0.4, -0.2) is 19.9 Å². The van der Waals surface area contributed by atoms with Gasteiger partial charge in [-0.3, -0.25) is 0 Å². The van der Waals surface area contributed by atoms with E-state index in [1.54, 1.807) is 0 Å². The molecule has 0 saturated carbocycles. The number of aromatic nitrogens is 4. The zero-order valence-corrected chi connectivity index (χ0v) is 24.1. The minimum Gasteiger partial charge on any atom is -0.438 e. The van der Waals surface area contributed by atoms with Crippen LogP contribution in [0.25, 0.3) is 89.0 Å². The normalized spacial score (nSPS) is 11.6. The molecule has 0 saturated heterocycles. The van der Waals surface area contributed by atoms with E-state index in [9.17, 15) is 0 Å². The Balaban J connectivity index is 1.37. The summed E-state index contributed by atoms with van der Waals surface area (Å²) in [4.78, 5) is 20.2. The molecule has 3 heterocycles. The van der Waals surface area contributed by atoms with Gasteiger partial charge in [0.15, 0.2) is 17.5 Å². The summed E-state index contributed by atoms with van der Waals surface area (Å²) in [6.45, 7) is 0. The van der Waals surface area contributed by atoms with Crippen LogP contribution in [0.15, 0.2) is 150 Å². The molecule has 0 bridgehead atoms. The molecule has 3 aromatic heterocycles. The Morgan fingerprint density at radius 2 is 0.956 bits per heavy atom. The molecular formula is C40H24N4O. The van der Waals surface area contributed by atoms with E-state index in [0.29, 0.717) is 23.2 Å². The van der Waals surface area contributed by atoms with Crippen molar-refractivity contribution in [2.75, 3.05) is 0 Å². The van der Waals surface area contributed by atoms with Crippen LogP contribution in [0.5, 0.6) is 0 Å². The molecule has 210 valence electrons. The van der Waals surface area contributed by atoms with E-state index in [1.165, 1.54) is 5.39 Å². The number of hydrogen-bond acceptors (Lipinski definition) is 5. The van der Waals surface area contributed by atoms with Crippen LogP contribution in [0.3, 0.4) is 0 Å². The SMILES string of the molecule is c1ccc(-c2nc(-c3ccccc3)nc(-c3cc(-c4ccc5ccccc5c4)nc4oc5cc6ccccc6cc5c34)n2)cc1. The molecule has 0 aliphatic carbocycles. The molecule has 45 heavy (non-hydrogen) atoms. The Kier molecular flexibility index (Phi) is 5.74. The van der Waals surface area contributed by atoms with E-state index in [0.717, 1.165) is 60.5 Å². The molecule has 0 aliphatic rings. The van der Waals surface area contributed by atoms with E-state index in [2.05, 4.69) is 78.9 Å². The molecule has 6 aromatic carbocycles. The van der Waals surface area contributed by atoms with Gasteiger partial charge in [0, 0.05) is 27.6 Å². The number of rotatable bonds is 4. The molecule has 0 fully saturated rings. The van der Waals surface area contributed by atoms with Gasteiger partial charge in [0.1, 0.15) is 5.58 Å². The fourth-order valence-electron chi connectivity index (χ4n) is 6.06. The van der Waals surface area contributed by atoms with Gasteiger partial charge in [-0.05, 0) is 45.8 Å². The summed E-state index contributed by atoms with van der Waals surface area (Å²) in [5.41, 5.74) is 5.77. The first kappa shape index (κ1) is 25.3. The Morgan fingerprint density at radius 3 is 1.62 bits per heavy atom. The lowest BCUT2D eigenvalue weighted by Crippen LogP contribution is -2.01. The van der Waals surface area contributed by atoms with E-state index in [4.69, 9.17) is 24.4 Å². The maximum atomic E-state index is 6.52. The highest BCUT2D eigenvalue weighted by Gasteiger charge is 2.21. The molecule has 0 atom stereocenters. The second kappa shape index (κ2) is 10.2. The largest absolute Gasteiger partial charge is 0.438 e. The molecule has 0 spiro atoms. The van der Waals surface area contributed by atoms with Crippen LogP contribution in [0, 0.1) is 0 Å². The maximum absolute atomic E-state index is 6.52. The highest BCUT2D eigenvalue weighted by molar-refractivity contribution is 6.14. The number of benzene rings is 6. The standard InChI is InChI=1S/C40H24N4O/c1-3-12-26(13-4-1)37-42-38(27-14-5-2-6-15-27)44-39(43-37)33-24-34(31-20-19-25-11-7-8-16-28(25)21-31)41-40-36(33)32-22-29-17-9-10-18-30(29)23-35(32)45-40/h1-24H. The summed E-state index contributed by atoms with van der Waals surface area (Å²) < 4.78 is 6.52. The van der Waals surface area contributed by atoms with E-state index >= 15 is 0 Å². The third-order valence-corrected chi connectivity index (χ3v) is 8.30. The molecule has 0 radical (unpaired) electrons. The Labute approximate surface area is 258 Å². The lowest BCUT2D eigenvalue weighted by molar-refractivity contribution is 0.655. The molecule has 5 nitrogen and oxygen atoms in total. The third-order valence-electron chi connectivity index (χ3n) is 8.30. The van der Waals surface area contributed by atoms with Crippen molar-refractivity contribution in [1.29, 1.82) is 0 Å². The summed E-state index contributed by atoms with van der Waals surface area (Å²) in [5, 5.41) is 6.41. The van der Waals surface area contributed by atoms with Gasteiger partial charge in [-0.25, -0.2) is 19.9 Å². The van der Waals surface area contributed by atoms with E-state index in [-0.39, 0.29) is 0 Å². The molecule has 0 unspecified atom stereocenters. The Hall–Kier alpha value is -6.20. The molecule has 0 amide bonds. The van der Waals surface area contributed by atoms with Crippen LogP contribution >= 0.6 is 0 Å². The van der Waals surface area contributed by atoms with Crippen molar-refractivity contribution in [2.24, 2.45) is 0 Å². The summed E-state index contributed by atoms with van der Waals surface area (Å²) in [6, 6.07) is 49.5. The average Bonchev–Trinajstić information content (AvgIpc) is 3.47. The van der Waals surface area contributed by atoms with Gasteiger partial charge in [-0.2, -0.15) is 0 Å². The van der Waals surface area contributed by atoms with Crippen molar-refractivity contribution >= 4 is 43.6 Å². The number of pyridine rings is 1. The first-order valence-electron chi connectivity index (χ1n) is 14.9. The van der Waals surface area contributed by atoms with Crippen molar-refractivity contribution in [3.05, 3.63) is 146 Å². The first-order valence-corrected chi connectivity index (χ1v) is 14.9. The lowest BCUT2D eigenvalue weighted by atomic mass is 10.0. The smallest absolute Gasteiger partial charge is 0.228 e. The van der Waals surface area contributed by atoms with Gasteiger partial charge in [0.05, 0.1) is 11.1 Å². The topological polar surface area (TPSA) is 64.7 Å². The van der Waals surface area contributed by atoms with Gasteiger partial charge in [-0.1, -0.05) is 121 Å². The number of furan rings is 1. The van der Waals surface area contributed by atoms with Crippen molar-refractivity contribution in [1.82, 2.24) is 19.9 Å². The van der Waals surface area contributed by atoms with Crippen molar-refractivity contribution in [3.8, 4) is 45.4 Å². The minimum absolute atomic E-state index is 0.545. The number of nitrogens with zero attached hydrogens (tertiary/aromatic N) is 4. The summed E-state index contributed by atoms with van der Waals surface area (Å²) in [6.07, 6.45) is 0. The molecule has 0 N–H and O–H groups in total. The summed E-state index contributed by atoms with van der Waals surface area (Å²) in [7, 11) is 0. The monoisotopic (exact) mass is 576 g/mol. The highest BCUT2D eigenvalue weighted by atomic mass is 16.3. The predicted octanol–water partition coefficient (Wildman–Crippen LogP) is 10.1. The highest BCUT2D eigenvalue weighted by Crippen LogP contribution is 2.40. The lowest BCUT2D eigenvalue weighted by Gasteiger charge is -2.11. The zero-order valence-electron chi connectivity index (χ0n) is 24.1. The summed E-state index contributed by atoms with van der Waals surface area (Å²) in [5.74, 6) is 1.78. The van der Waals surface area contributed by atoms with Crippen molar-refractivity contribution in [3.63, 3.8) is 0 Å².